The van der Waals surface area contributed by atoms with Crippen molar-refractivity contribution < 1.29 is 19.8 Å². The van der Waals surface area contributed by atoms with Crippen LogP contribution in [-0.2, 0) is 9.59 Å². The smallest absolute Gasteiger partial charge is 0.309 e. The Bertz CT molecular complexity index is 233. The molecule has 0 aliphatic heterocycles. The van der Waals surface area contributed by atoms with E-state index in [9.17, 15) is 9.59 Å². The second kappa shape index (κ2) is 7.25. The summed E-state index contributed by atoms with van der Waals surface area (Å²) in [5.74, 6) is -1.50. The second-order valence-electron chi connectivity index (χ2n) is 4.85. The maximum absolute atomic E-state index is 10.8. The van der Waals surface area contributed by atoms with E-state index >= 15 is 0 Å². The second-order valence-corrected chi connectivity index (χ2v) is 4.85. The van der Waals surface area contributed by atoms with Gasteiger partial charge in [0, 0.05) is 6.42 Å². The number of aliphatic carboxylic acids is 2. The Morgan fingerprint density at radius 3 is 1.94 bits per heavy atom. The van der Waals surface area contributed by atoms with Gasteiger partial charge in [-0.3, -0.25) is 9.59 Å². The third-order valence-electron chi connectivity index (χ3n) is 2.77. The van der Waals surface area contributed by atoms with Gasteiger partial charge in [0.1, 0.15) is 0 Å². The molecule has 0 saturated carbocycles. The molecule has 0 fully saturated rings. The molecule has 0 bridgehead atoms. The van der Waals surface area contributed by atoms with Crippen molar-refractivity contribution in [3.63, 3.8) is 0 Å². The summed E-state index contributed by atoms with van der Waals surface area (Å²) in [5, 5.41) is 17.3. The number of carboxylic acid groups (broad SMARTS) is 2. The van der Waals surface area contributed by atoms with Gasteiger partial charge in [0.15, 0.2) is 0 Å². The summed E-state index contributed by atoms with van der Waals surface area (Å²) >= 11 is 0. The fraction of sp³-hybridized carbons (Fsp3) is 0.833. The molecule has 0 atom stereocenters. The average Bonchev–Trinajstić information content (AvgIpc) is 2.15. The van der Waals surface area contributed by atoms with Crippen LogP contribution in [0.5, 0.6) is 0 Å². The highest BCUT2D eigenvalue weighted by Crippen LogP contribution is 2.24. The van der Waals surface area contributed by atoms with Crippen molar-refractivity contribution in [1.29, 1.82) is 0 Å². The van der Waals surface area contributed by atoms with Gasteiger partial charge in [-0.1, -0.05) is 25.7 Å². The summed E-state index contributed by atoms with van der Waals surface area (Å²) in [6, 6.07) is 0. The lowest BCUT2D eigenvalue weighted by atomic mass is 9.87. The van der Waals surface area contributed by atoms with Crippen LogP contribution >= 0.6 is 0 Å². The molecule has 0 aliphatic rings. The van der Waals surface area contributed by atoms with Crippen molar-refractivity contribution in [1.82, 2.24) is 0 Å². The summed E-state index contributed by atoms with van der Waals surface area (Å²) < 4.78 is 0. The standard InChI is InChI=1S/C12H22O4/c1-12(2,11(15)16)9-7-5-3-4-6-8-10(13)14/h3-9H2,1-2H3,(H,13,14)(H,15,16). The molecule has 4 nitrogen and oxygen atoms in total. The zero-order valence-corrected chi connectivity index (χ0v) is 10.2. The Labute approximate surface area is 96.7 Å². The van der Waals surface area contributed by atoms with E-state index in [1.807, 2.05) is 0 Å². The number of hydrogen-bond acceptors (Lipinski definition) is 2. The summed E-state index contributed by atoms with van der Waals surface area (Å²) in [5.41, 5.74) is -0.638. The minimum absolute atomic E-state index is 0.237. The van der Waals surface area contributed by atoms with Gasteiger partial charge >= 0.3 is 11.9 Å². The lowest BCUT2D eigenvalue weighted by molar-refractivity contribution is -0.147. The van der Waals surface area contributed by atoms with Crippen molar-refractivity contribution in [2.45, 2.75) is 58.8 Å². The summed E-state index contributed by atoms with van der Waals surface area (Å²) in [4.78, 5) is 21.0. The van der Waals surface area contributed by atoms with Gasteiger partial charge in [-0.2, -0.15) is 0 Å². The fourth-order valence-electron chi connectivity index (χ4n) is 1.48. The molecule has 0 radical (unpaired) electrons. The molecule has 4 heteroatoms. The van der Waals surface area contributed by atoms with Gasteiger partial charge in [-0.05, 0) is 26.7 Å². The summed E-state index contributed by atoms with van der Waals surface area (Å²) in [6.45, 7) is 3.47. The molecule has 0 spiro atoms. The number of carboxylic acids is 2. The summed E-state index contributed by atoms with van der Waals surface area (Å²) in [7, 11) is 0. The van der Waals surface area contributed by atoms with Crippen LogP contribution in [-0.4, -0.2) is 22.2 Å². The number of rotatable bonds is 9. The predicted octanol–water partition coefficient (Wildman–Crippen LogP) is 2.91. The lowest BCUT2D eigenvalue weighted by Crippen LogP contribution is -2.23. The van der Waals surface area contributed by atoms with Crippen LogP contribution in [0.25, 0.3) is 0 Å². The molecular weight excluding hydrogens is 208 g/mol. The molecule has 0 saturated heterocycles. The third-order valence-corrected chi connectivity index (χ3v) is 2.77. The molecule has 0 amide bonds. The Hall–Kier alpha value is -1.06. The van der Waals surface area contributed by atoms with E-state index < -0.39 is 17.4 Å². The molecule has 16 heavy (non-hydrogen) atoms. The van der Waals surface area contributed by atoms with Crippen LogP contribution in [0.4, 0.5) is 0 Å². The van der Waals surface area contributed by atoms with E-state index in [0.717, 1.165) is 32.1 Å². The maximum atomic E-state index is 10.8. The molecule has 0 aromatic carbocycles. The SMILES string of the molecule is CC(C)(CCCCCCCC(=O)O)C(=O)O. The molecule has 0 rings (SSSR count). The number of unbranched alkanes of at least 4 members (excludes halogenated alkanes) is 4. The van der Waals surface area contributed by atoms with Crippen LogP contribution in [0, 0.1) is 5.41 Å². The van der Waals surface area contributed by atoms with E-state index in [1.54, 1.807) is 13.8 Å². The highest BCUT2D eigenvalue weighted by atomic mass is 16.4. The van der Waals surface area contributed by atoms with Crippen molar-refractivity contribution in [3.8, 4) is 0 Å². The topological polar surface area (TPSA) is 74.6 Å². The van der Waals surface area contributed by atoms with E-state index in [1.165, 1.54) is 0 Å². The molecule has 94 valence electrons. The molecular formula is C12H22O4. The molecule has 0 aliphatic carbocycles. The first-order chi connectivity index (χ1) is 7.36. The van der Waals surface area contributed by atoms with E-state index in [4.69, 9.17) is 10.2 Å². The highest BCUT2D eigenvalue weighted by Gasteiger charge is 2.25. The third kappa shape index (κ3) is 7.26. The van der Waals surface area contributed by atoms with Crippen LogP contribution in [0.3, 0.4) is 0 Å². The minimum Gasteiger partial charge on any atom is -0.481 e. The first kappa shape index (κ1) is 14.9. The molecule has 0 heterocycles. The van der Waals surface area contributed by atoms with Crippen LogP contribution < -0.4 is 0 Å². The van der Waals surface area contributed by atoms with Crippen LogP contribution in [0.15, 0.2) is 0 Å². The van der Waals surface area contributed by atoms with Crippen molar-refractivity contribution >= 4 is 11.9 Å². The van der Waals surface area contributed by atoms with Crippen molar-refractivity contribution in [2.24, 2.45) is 5.41 Å². The Balaban J connectivity index is 3.40. The van der Waals surface area contributed by atoms with E-state index in [2.05, 4.69) is 0 Å². The minimum atomic E-state index is -0.752. The van der Waals surface area contributed by atoms with Gasteiger partial charge in [-0.25, -0.2) is 0 Å². The van der Waals surface area contributed by atoms with Crippen molar-refractivity contribution in [2.75, 3.05) is 0 Å². The highest BCUT2D eigenvalue weighted by molar-refractivity contribution is 5.73. The molecule has 0 aromatic heterocycles. The summed E-state index contributed by atoms with van der Waals surface area (Å²) in [6.07, 6.45) is 5.42. The van der Waals surface area contributed by atoms with Gasteiger partial charge in [0.05, 0.1) is 5.41 Å². The van der Waals surface area contributed by atoms with Crippen LogP contribution in [0.1, 0.15) is 58.8 Å². The lowest BCUT2D eigenvalue weighted by Gasteiger charge is -2.18. The quantitative estimate of drug-likeness (QED) is 0.597. The Kier molecular flexibility index (Phi) is 6.77. The zero-order chi connectivity index (χ0) is 12.6. The average molecular weight is 230 g/mol. The van der Waals surface area contributed by atoms with E-state index in [0.29, 0.717) is 6.42 Å². The number of hydrogen-bond donors (Lipinski definition) is 2. The van der Waals surface area contributed by atoms with Gasteiger partial charge in [0.25, 0.3) is 0 Å². The maximum Gasteiger partial charge on any atom is 0.309 e. The van der Waals surface area contributed by atoms with Crippen molar-refractivity contribution in [3.05, 3.63) is 0 Å². The van der Waals surface area contributed by atoms with Gasteiger partial charge in [0.2, 0.25) is 0 Å². The largest absolute Gasteiger partial charge is 0.481 e. The van der Waals surface area contributed by atoms with Gasteiger partial charge in [-0.15, -0.1) is 0 Å². The Morgan fingerprint density at radius 1 is 0.938 bits per heavy atom. The normalized spacial score (nSPS) is 11.4. The van der Waals surface area contributed by atoms with E-state index in [-0.39, 0.29) is 6.42 Å². The fourth-order valence-corrected chi connectivity index (χ4v) is 1.48. The first-order valence-electron chi connectivity index (χ1n) is 5.81. The van der Waals surface area contributed by atoms with Crippen LogP contribution in [0.2, 0.25) is 0 Å². The first-order valence-corrected chi connectivity index (χ1v) is 5.81. The molecule has 2 N–H and O–H groups in total. The Morgan fingerprint density at radius 2 is 1.44 bits per heavy atom. The molecule has 0 unspecified atom stereocenters. The predicted molar refractivity (Wildman–Crippen MR) is 61.4 cm³/mol. The monoisotopic (exact) mass is 230 g/mol. The number of carbonyl (C=O) groups is 2. The zero-order valence-electron chi connectivity index (χ0n) is 10.2. The molecule has 0 aromatic rings. The van der Waals surface area contributed by atoms with Gasteiger partial charge < -0.3 is 10.2 Å².